The maximum Gasteiger partial charge on any atom is 0.275 e. The number of nitrogens with zero attached hydrogens (tertiary/aromatic N) is 4. The molecule has 8 heteroatoms. The molecule has 2 aromatic heterocycles. The van der Waals surface area contributed by atoms with Crippen molar-refractivity contribution in [2.45, 2.75) is 45.6 Å². The highest BCUT2D eigenvalue weighted by Gasteiger charge is 2.44. The second kappa shape index (κ2) is 7.76. The summed E-state index contributed by atoms with van der Waals surface area (Å²) in [5.41, 5.74) is 2.31. The van der Waals surface area contributed by atoms with Crippen LogP contribution in [0.4, 0.5) is 4.39 Å². The quantitative estimate of drug-likeness (QED) is 0.698. The van der Waals surface area contributed by atoms with E-state index in [1.165, 1.54) is 12.1 Å². The van der Waals surface area contributed by atoms with E-state index in [0.29, 0.717) is 30.9 Å². The summed E-state index contributed by atoms with van der Waals surface area (Å²) in [6.07, 6.45) is 2.11. The maximum absolute atomic E-state index is 13.4. The molecule has 1 saturated heterocycles. The van der Waals surface area contributed by atoms with Crippen LogP contribution in [0.2, 0.25) is 0 Å². The van der Waals surface area contributed by atoms with Gasteiger partial charge in [-0.15, -0.1) is 0 Å². The van der Waals surface area contributed by atoms with Crippen molar-refractivity contribution in [3.8, 4) is 11.3 Å². The van der Waals surface area contributed by atoms with Crippen LogP contribution in [-0.2, 0) is 4.79 Å². The van der Waals surface area contributed by atoms with Crippen LogP contribution in [0, 0.1) is 5.82 Å². The predicted octanol–water partition coefficient (Wildman–Crippen LogP) is 3.40. The monoisotopic (exact) mass is 423 g/mol. The van der Waals surface area contributed by atoms with Gasteiger partial charge in [0, 0.05) is 24.2 Å². The summed E-state index contributed by atoms with van der Waals surface area (Å²) in [5, 5.41) is 7.46. The minimum absolute atomic E-state index is 0.136. The van der Waals surface area contributed by atoms with Crippen LogP contribution in [0.5, 0.6) is 0 Å². The highest BCUT2D eigenvalue weighted by Crippen LogP contribution is 2.28. The van der Waals surface area contributed by atoms with Gasteiger partial charge in [0.1, 0.15) is 17.1 Å². The van der Waals surface area contributed by atoms with Gasteiger partial charge in [-0.3, -0.25) is 9.59 Å². The Bertz CT molecular complexity index is 1150. The standard InChI is InChI=1S/C23H26FN5O2/c1-5-23(4)22(31)25-10-11-28(23)21(30)19-13-29-20(26-19)17(14(2)3)12-18(27-29)15-6-8-16(24)9-7-15/h6-9,12-14H,5,10-11H2,1-4H3,(H,25,31). The highest BCUT2D eigenvalue weighted by molar-refractivity contribution is 5.99. The van der Waals surface area contributed by atoms with Gasteiger partial charge in [-0.25, -0.2) is 13.9 Å². The second-order valence-corrected chi connectivity index (χ2v) is 8.38. The number of halogens is 1. The Balaban J connectivity index is 1.80. The molecule has 0 bridgehead atoms. The number of imidazole rings is 1. The lowest BCUT2D eigenvalue weighted by Crippen LogP contribution is -2.64. The van der Waals surface area contributed by atoms with Gasteiger partial charge in [0.05, 0.1) is 11.9 Å². The molecular weight excluding hydrogens is 397 g/mol. The van der Waals surface area contributed by atoms with Gasteiger partial charge in [-0.1, -0.05) is 20.8 Å². The number of amides is 2. The van der Waals surface area contributed by atoms with Crippen molar-refractivity contribution in [3.05, 3.63) is 53.6 Å². The van der Waals surface area contributed by atoms with E-state index in [9.17, 15) is 14.0 Å². The molecule has 162 valence electrons. The molecule has 0 spiro atoms. The van der Waals surface area contributed by atoms with E-state index in [0.717, 1.165) is 11.1 Å². The number of carbonyl (C=O) groups excluding carboxylic acids is 2. The summed E-state index contributed by atoms with van der Waals surface area (Å²) in [6.45, 7) is 8.60. The summed E-state index contributed by atoms with van der Waals surface area (Å²) in [7, 11) is 0. The third kappa shape index (κ3) is 3.56. The van der Waals surface area contributed by atoms with E-state index in [1.54, 1.807) is 34.7 Å². The van der Waals surface area contributed by atoms with Gasteiger partial charge in [0.2, 0.25) is 5.91 Å². The summed E-state index contributed by atoms with van der Waals surface area (Å²) in [4.78, 5) is 32.0. The van der Waals surface area contributed by atoms with Gasteiger partial charge >= 0.3 is 0 Å². The minimum atomic E-state index is -0.918. The number of aromatic nitrogens is 3. The molecule has 0 aliphatic carbocycles. The zero-order valence-corrected chi connectivity index (χ0v) is 18.1. The number of hydrogen-bond donors (Lipinski definition) is 1. The molecule has 1 aliphatic rings. The first-order chi connectivity index (χ1) is 14.7. The summed E-state index contributed by atoms with van der Waals surface area (Å²) < 4.78 is 15.0. The SMILES string of the molecule is CCC1(C)C(=O)NCCN1C(=O)c1cn2nc(-c3ccc(F)cc3)cc(C(C)C)c2n1. The number of carbonyl (C=O) groups is 2. The van der Waals surface area contributed by atoms with Gasteiger partial charge < -0.3 is 10.2 Å². The fourth-order valence-electron chi connectivity index (χ4n) is 3.95. The largest absolute Gasteiger partial charge is 0.352 e. The summed E-state index contributed by atoms with van der Waals surface area (Å²) >= 11 is 0. The molecule has 1 unspecified atom stereocenters. The van der Waals surface area contributed by atoms with Gasteiger partial charge in [0.25, 0.3) is 5.91 Å². The molecule has 3 heterocycles. The van der Waals surface area contributed by atoms with E-state index in [1.807, 2.05) is 26.8 Å². The Kier molecular flexibility index (Phi) is 5.24. The number of piperazine rings is 1. The van der Waals surface area contributed by atoms with E-state index in [4.69, 9.17) is 0 Å². The molecule has 2 amide bonds. The van der Waals surface area contributed by atoms with Crippen LogP contribution in [-0.4, -0.2) is 49.9 Å². The average Bonchev–Trinajstić information content (AvgIpc) is 3.19. The Labute approximate surface area is 180 Å². The molecule has 3 aromatic rings. The van der Waals surface area contributed by atoms with E-state index in [-0.39, 0.29) is 29.2 Å². The molecule has 1 aliphatic heterocycles. The average molecular weight is 423 g/mol. The number of nitrogens with one attached hydrogen (secondary N) is 1. The van der Waals surface area contributed by atoms with Crippen LogP contribution in [0.1, 0.15) is 56.1 Å². The fraction of sp³-hybridized carbons (Fsp3) is 0.391. The van der Waals surface area contributed by atoms with Crippen molar-refractivity contribution in [2.24, 2.45) is 0 Å². The topological polar surface area (TPSA) is 79.6 Å². The lowest BCUT2D eigenvalue weighted by molar-refractivity contribution is -0.134. The highest BCUT2D eigenvalue weighted by atomic mass is 19.1. The van der Waals surface area contributed by atoms with Gasteiger partial charge in [0.15, 0.2) is 5.65 Å². The third-order valence-corrected chi connectivity index (χ3v) is 6.07. The minimum Gasteiger partial charge on any atom is -0.352 e. The van der Waals surface area contributed by atoms with E-state index < -0.39 is 5.54 Å². The van der Waals surface area contributed by atoms with Crippen LogP contribution in [0.15, 0.2) is 36.5 Å². The van der Waals surface area contributed by atoms with Crippen LogP contribution >= 0.6 is 0 Å². The van der Waals surface area contributed by atoms with Crippen molar-refractivity contribution in [2.75, 3.05) is 13.1 Å². The summed E-state index contributed by atoms with van der Waals surface area (Å²) in [5.74, 6) is -0.619. The van der Waals surface area contributed by atoms with Crippen LogP contribution in [0.3, 0.4) is 0 Å². The Hall–Kier alpha value is -3.29. The zero-order valence-electron chi connectivity index (χ0n) is 18.1. The first-order valence-corrected chi connectivity index (χ1v) is 10.5. The molecule has 1 N–H and O–H groups in total. The van der Waals surface area contributed by atoms with Crippen LogP contribution < -0.4 is 5.32 Å². The number of fused-ring (bicyclic) bond motifs is 1. The summed E-state index contributed by atoms with van der Waals surface area (Å²) in [6, 6.07) is 8.07. The molecule has 1 fully saturated rings. The smallest absolute Gasteiger partial charge is 0.275 e. The fourth-order valence-corrected chi connectivity index (χ4v) is 3.95. The van der Waals surface area contributed by atoms with Gasteiger partial charge in [-0.2, -0.15) is 5.10 Å². The molecule has 31 heavy (non-hydrogen) atoms. The number of benzene rings is 1. The van der Waals surface area contributed by atoms with Crippen molar-refractivity contribution >= 4 is 17.5 Å². The molecular formula is C23H26FN5O2. The second-order valence-electron chi connectivity index (χ2n) is 8.38. The number of rotatable bonds is 4. The third-order valence-electron chi connectivity index (χ3n) is 6.07. The molecule has 4 rings (SSSR count). The van der Waals surface area contributed by atoms with Crippen molar-refractivity contribution in [3.63, 3.8) is 0 Å². The molecule has 0 radical (unpaired) electrons. The lowest BCUT2D eigenvalue weighted by atomic mass is 9.92. The normalized spacial score (nSPS) is 19.2. The molecule has 0 saturated carbocycles. The predicted molar refractivity (Wildman–Crippen MR) is 115 cm³/mol. The van der Waals surface area contributed by atoms with Crippen molar-refractivity contribution < 1.29 is 14.0 Å². The molecule has 1 aromatic carbocycles. The molecule has 7 nitrogen and oxygen atoms in total. The van der Waals surface area contributed by atoms with Gasteiger partial charge in [-0.05, 0) is 49.6 Å². The Morgan fingerprint density at radius 3 is 2.65 bits per heavy atom. The first kappa shape index (κ1) is 21.0. The van der Waals surface area contributed by atoms with Crippen molar-refractivity contribution in [1.82, 2.24) is 24.8 Å². The molecule has 1 atom stereocenters. The van der Waals surface area contributed by atoms with Crippen LogP contribution in [0.25, 0.3) is 16.9 Å². The number of hydrogen-bond acceptors (Lipinski definition) is 4. The van der Waals surface area contributed by atoms with Crippen molar-refractivity contribution in [1.29, 1.82) is 0 Å². The van der Waals surface area contributed by atoms with E-state index in [2.05, 4.69) is 15.4 Å². The maximum atomic E-state index is 13.4. The Morgan fingerprint density at radius 2 is 2.00 bits per heavy atom. The van der Waals surface area contributed by atoms with E-state index >= 15 is 0 Å². The first-order valence-electron chi connectivity index (χ1n) is 10.5. The zero-order chi connectivity index (χ0) is 22.3. The Morgan fingerprint density at radius 1 is 1.29 bits per heavy atom. The lowest BCUT2D eigenvalue weighted by Gasteiger charge is -2.42.